The molecule has 1 saturated heterocycles. The smallest absolute Gasteiger partial charge is 0.165 e. The summed E-state index contributed by atoms with van der Waals surface area (Å²) in [6, 6.07) is 2.18. The van der Waals surface area contributed by atoms with Crippen molar-refractivity contribution >= 4 is 11.6 Å². The zero-order valence-corrected chi connectivity index (χ0v) is 9.48. The summed E-state index contributed by atoms with van der Waals surface area (Å²) in [6.45, 7) is 0.637. The summed E-state index contributed by atoms with van der Waals surface area (Å²) in [5.41, 5.74) is -0.342. The van der Waals surface area contributed by atoms with Crippen LogP contribution in [0, 0.1) is 11.6 Å². The van der Waals surface area contributed by atoms with Crippen LogP contribution in [0.4, 0.5) is 8.78 Å². The lowest BCUT2D eigenvalue weighted by Gasteiger charge is -2.40. The van der Waals surface area contributed by atoms with Crippen LogP contribution in [-0.2, 0) is 10.2 Å². The van der Waals surface area contributed by atoms with Crippen LogP contribution >= 0.6 is 11.6 Å². The van der Waals surface area contributed by atoms with Crippen LogP contribution in [0.15, 0.2) is 12.1 Å². The van der Waals surface area contributed by atoms with Crippen LogP contribution in [0.5, 0.6) is 5.75 Å². The molecule has 0 bridgehead atoms. The molecule has 2 rings (SSSR count). The number of hydrogen-bond donors (Lipinski definition) is 0. The van der Waals surface area contributed by atoms with Crippen LogP contribution in [0.25, 0.3) is 0 Å². The first kappa shape index (κ1) is 11.6. The van der Waals surface area contributed by atoms with Gasteiger partial charge in [-0.3, -0.25) is 0 Å². The van der Waals surface area contributed by atoms with E-state index >= 15 is 0 Å². The van der Waals surface area contributed by atoms with Gasteiger partial charge in [0.25, 0.3) is 0 Å². The summed E-state index contributed by atoms with van der Waals surface area (Å²) in [5.74, 6) is -1.00. The number of hydrogen-bond acceptors (Lipinski definition) is 2. The Labute approximate surface area is 97.1 Å². The van der Waals surface area contributed by atoms with Crippen molar-refractivity contribution in [2.24, 2.45) is 0 Å². The molecule has 5 heteroatoms. The minimum atomic E-state index is -0.598. The highest BCUT2D eigenvalue weighted by atomic mass is 35.5. The molecule has 1 aliphatic rings. The van der Waals surface area contributed by atoms with Gasteiger partial charge in [0, 0.05) is 17.5 Å². The van der Waals surface area contributed by atoms with E-state index in [-0.39, 0.29) is 17.2 Å². The monoisotopic (exact) mass is 248 g/mol. The van der Waals surface area contributed by atoms with Crippen LogP contribution < -0.4 is 4.74 Å². The maximum Gasteiger partial charge on any atom is 0.165 e. The van der Waals surface area contributed by atoms with Gasteiger partial charge in [-0.2, -0.15) is 0 Å². The van der Waals surface area contributed by atoms with E-state index in [9.17, 15) is 8.78 Å². The molecule has 0 saturated carbocycles. The van der Waals surface area contributed by atoms with Crippen LogP contribution in [-0.4, -0.2) is 26.2 Å². The molecule has 1 aromatic rings. The predicted octanol–water partition coefficient (Wildman–Crippen LogP) is 2.48. The highest BCUT2D eigenvalue weighted by Crippen LogP contribution is 2.37. The number of ether oxygens (including phenoxy) is 2. The van der Waals surface area contributed by atoms with Gasteiger partial charge in [0.1, 0.15) is 5.82 Å². The van der Waals surface area contributed by atoms with Gasteiger partial charge in [-0.15, -0.1) is 11.6 Å². The van der Waals surface area contributed by atoms with Crippen molar-refractivity contribution in [2.45, 2.75) is 5.41 Å². The van der Waals surface area contributed by atoms with E-state index in [1.54, 1.807) is 0 Å². The summed E-state index contributed by atoms with van der Waals surface area (Å²) < 4.78 is 37.0. The molecule has 0 spiro atoms. The Morgan fingerprint density at radius 1 is 1.38 bits per heavy atom. The fraction of sp³-hybridized carbons (Fsp3) is 0.455. The molecular weight excluding hydrogens is 238 g/mol. The summed E-state index contributed by atoms with van der Waals surface area (Å²) >= 11 is 5.79. The van der Waals surface area contributed by atoms with E-state index in [1.807, 2.05) is 0 Å². The van der Waals surface area contributed by atoms with Gasteiger partial charge < -0.3 is 9.47 Å². The topological polar surface area (TPSA) is 18.5 Å². The second-order valence-electron chi connectivity index (χ2n) is 3.87. The van der Waals surface area contributed by atoms with Gasteiger partial charge >= 0.3 is 0 Å². The van der Waals surface area contributed by atoms with Crippen LogP contribution in [0.2, 0.25) is 0 Å². The third-order valence-electron chi connectivity index (χ3n) is 2.83. The fourth-order valence-corrected chi connectivity index (χ4v) is 2.04. The van der Waals surface area contributed by atoms with Crippen molar-refractivity contribution in [3.8, 4) is 5.75 Å². The lowest BCUT2D eigenvalue weighted by atomic mass is 9.80. The van der Waals surface area contributed by atoms with Gasteiger partial charge in [-0.05, 0) is 6.07 Å². The van der Waals surface area contributed by atoms with Crippen molar-refractivity contribution in [3.05, 3.63) is 29.3 Å². The largest absolute Gasteiger partial charge is 0.494 e. The normalized spacial score (nSPS) is 18.0. The van der Waals surface area contributed by atoms with Gasteiger partial charge in [0.2, 0.25) is 0 Å². The van der Waals surface area contributed by atoms with E-state index in [1.165, 1.54) is 7.11 Å². The van der Waals surface area contributed by atoms with E-state index < -0.39 is 17.0 Å². The standard InChI is InChI=1S/C11H11ClF2O2/c1-15-10-3-8(13)7(2-9(10)14)11(4-12)5-16-6-11/h2-3H,4-6H2,1H3. The molecule has 1 heterocycles. The molecule has 0 N–H and O–H groups in total. The Morgan fingerprint density at radius 2 is 2.06 bits per heavy atom. The first-order valence-corrected chi connectivity index (χ1v) is 5.33. The maximum absolute atomic E-state index is 13.8. The SMILES string of the molecule is COc1cc(F)c(C2(CCl)COC2)cc1F. The molecule has 16 heavy (non-hydrogen) atoms. The Balaban J connectivity index is 2.45. The number of rotatable bonds is 3. The third kappa shape index (κ3) is 1.66. The molecule has 2 nitrogen and oxygen atoms in total. The maximum atomic E-state index is 13.8. The van der Waals surface area contributed by atoms with Crippen molar-refractivity contribution in [3.63, 3.8) is 0 Å². The number of alkyl halides is 1. The minimum Gasteiger partial charge on any atom is -0.494 e. The molecule has 0 aromatic heterocycles. The highest BCUT2D eigenvalue weighted by Gasteiger charge is 2.42. The first-order chi connectivity index (χ1) is 7.63. The summed E-state index contributed by atoms with van der Waals surface area (Å²) in [6.07, 6.45) is 0. The van der Waals surface area contributed by atoms with Gasteiger partial charge in [-0.25, -0.2) is 8.78 Å². The average Bonchev–Trinajstić information content (AvgIpc) is 2.22. The van der Waals surface area contributed by atoms with Crippen molar-refractivity contribution in [1.29, 1.82) is 0 Å². The summed E-state index contributed by atoms with van der Waals surface area (Å²) in [5, 5.41) is 0. The summed E-state index contributed by atoms with van der Waals surface area (Å²) in [4.78, 5) is 0. The van der Waals surface area contributed by atoms with Gasteiger partial charge in [0.05, 0.1) is 25.7 Å². The number of benzene rings is 1. The Hall–Kier alpha value is -0.870. The first-order valence-electron chi connectivity index (χ1n) is 4.80. The molecule has 1 aliphatic heterocycles. The van der Waals surface area contributed by atoms with Gasteiger partial charge in [-0.1, -0.05) is 0 Å². The molecule has 0 amide bonds. The number of halogens is 3. The fourth-order valence-electron chi connectivity index (χ4n) is 1.74. The quantitative estimate of drug-likeness (QED) is 0.765. The highest BCUT2D eigenvalue weighted by molar-refractivity contribution is 6.18. The van der Waals surface area contributed by atoms with Crippen molar-refractivity contribution in [2.75, 3.05) is 26.2 Å². The summed E-state index contributed by atoms with van der Waals surface area (Å²) in [7, 11) is 1.29. The molecule has 1 aromatic carbocycles. The number of methoxy groups -OCH3 is 1. The zero-order valence-electron chi connectivity index (χ0n) is 8.73. The molecule has 88 valence electrons. The molecule has 0 aliphatic carbocycles. The van der Waals surface area contributed by atoms with E-state index in [2.05, 4.69) is 0 Å². The van der Waals surface area contributed by atoms with Crippen molar-refractivity contribution < 1.29 is 18.3 Å². The molecule has 0 radical (unpaired) electrons. The van der Waals surface area contributed by atoms with Crippen LogP contribution in [0.1, 0.15) is 5.56 Å². The second kappa shape index (κ2) is 4.18. The molecule has 1 fully saturated rings. The Kier molecular flexibility index (Phi) is 3.04. The lowest BCUT2D eigenvalue weighted by molar-refractivity contribution is -0.0497. The van der Waals surface area contributed by atoms with E-state index in [4.69, 9.17) is 21.1 Å². The van der Waals surface area contributed by atoms with E-state index in [0.29, 0.717) is 13.2 Å². The predicted molar refractivity (Wildman–Crippen MR) is 56.1 cm³/mol. The van der Waals surface area contributed by atoms with Gasteiger partial charge in [0.15, 0.2) is 11.6 Å². The Morgan fingerprint density at radius 3 is 2.50 bits per heavy atom. The van der Waals surface area contributed by atoms with E-state index in [0.717, 1.165) is 12.1 Å². The Bertz CT molecular complexity index is 400. The molecule has 0 unspecified atom stereocenters. The lowest BCUT2D eigenvalue weighted by Crippen LogP contribution is -2.49. The third-order valence-corrected chi connectivity index (χ3v) is 3.34. The second-order valence-corrected chi connectivity index (χ2v) is 4.14. The van der Waals surface area contributed by atoms with Crippen molar-refractivity contribution in [1.82, 2.24) is 0 Å². The average molecular weight is 249 g/mol. The minimum absolute atomic E-state index is 0.105. The zero-order chi connectivity index (χ0) is 11.8. The molecular formula is C11H11ClF2O2. The molecule has 0 atom stereocenters. The van der Waals surface area contributed by atoms with Crippen LogP contribution in [0.3, 0.4) is 0 Å².